The molecule has 1 fully saturated rings. The minimum atomic E-state index is -0.803. The van der Waals surface area contributed by atoms with Gasteiger partial charge in [0.15, 0.2) is 0 Å². The van der Waals surface area contributed by atoms with E-state index < -0.39 is 11.4 Å². The number of hydrogen-bond acceptors (Lipinski definition) is 3. The zero-order chi connectivity index (χ0) is 10.1. The number of amides is 2. The summed E-state index contributed by atoms with van der Waals surface area (Å²) in [7, 11) is 0. The molecule has 0 atom stereocenters. The van der Waals surface area contributed by atoms with Crippen LogP contribution in [0.5, 0.6) is 0 Å². The molecule has 1 aliphatic rings. The Kier molecular flexibility index (Phi) is 2.27. The Morgan fingerprint density at radius 2 is 1.92 bits per heavy atom. The average Bonchev–Trinajstić information content (AvgIpc) is 2.66. The highest BCUT2D eigenvalue weighted by Gasteiger charge is 2.49. The Morgan fingerprint density at radius 1 is 1.38 bits per heavy atom. The van der Waals surface area contributed by atoms with E-state index in [4.69, 9.17) is 11.5 Å². The molecule has 0 spiro atoms. The molecule has 1 rings (SSSR count). The summed E-state index contributed by atoms with van der Waals surface area (Å²) in [6.45, 7) is 1.60. The molecule has 0 aromatic carbocycles. The zero-order valence-electron chi connectivity index (χ0n) is 7.46. The van der Waals surface area contributed by atoms with Gasteiger partial charge in [-0.05, 0) is 19.8 Å². The van der Waals surface area contributed by atoms with Gasteiger partial charge < -0.3 is 16.8 Å². The van der Waals surface area contributed by atoms with E-state index >= 15 is 0 Å². The van der Waals surface area contributed by atoms with Gasteiger partial charge in [-0.25, -0.2) is 0 Å². The van der Waals surface area contributed by atoms with Gasteiger partial charge in [-0.1, -0.05) is 0 Å². The molecule has 5 N–H and O–H groups in total. The van der Waals surface area contributed by atoms with Crippen molar-refractivity contribution in [1.82, 2.24) is 5.32 Å². The maximum absolute atomic E-state index is 11.1. The van der Waals surface area contributed by atoms with Gasteiger partial charge >= 0.3 is 0 Å². The monoisotopic (exact) mass is 183 g/mol. The van der Waals surface area contributed by atoms with Crippen LogP contribution in [0.4, 0.5) is 0 Å². The van der Waals surface area contributed by atoms with Crippen LogP contribution < -0.4 is 16.8 Å². The summed E-state index contributed by atoms with van der Waals surface area (Å²) < 4.78 is 0. The molecule has 1 aliphatic carbocycles. The van der Waals surface area contributed by atoms with Gasteiger partial charge in [0, 0.05) is 11.8 Å². The van der Waals surface area contributed by atoms with Gasteiger partial charge in [0.05, 0.1) is 0 Å². The molecule has 0 aliphatic heterocycles. The van der Waals surface area contributed by atoms with Gasteiger partial charge in [0.25, 0.3) is 0 Å². The number of nitrogens with two attached hydrogens (primary N) is 2. The Labute approximate surface area is 76.2 Å². The van der Waals surface area contributed by atoms with Crippen molar-refractivity contribution < 1.29 is 9.59 Å². The highest BCUT2D eigenvalue weighted by molar-refractivity contribution is 5.96. The molecule has 1 saturated carbocycles. The lowest BCUT2D eigenvalue weighted by Crippen LogP contribution is -2.46. The van der Waals surface area contributed by atoms with E-state index in [-0.39, 0.29) is 5.91 Å². The predicted octanol–water partition coefficient (Wildman–Crippen LogP) is -1.02. The molecule has 0 unspecified atom stereocenters. The number of primary amides is 1. The van der Waals surface area contributed by atoms with Gasteiger partial charge in [-0.15, -0.1) is 0 Å². The van der Waals surface area contributed by atoms with Crippen molar-refractivity contribution in [2.45, 2.75) is 25.3 Å². The van der Waals surface area contributed by atoms with Crippen LogP contribution >= 0.6 is 0 Å². The quantitative estimate of drug-likeness (QED) is 0.488. The number of rotatable bonds is 3. The van der Waals surface area contributed by atoms with Gasteiger partial charge in [0.1, 0.15) is 5.54 Å². The van der Waals surface area contributed by atoms with Crippen LogP contribution in [-0.2, 0) is 9.59 Å². The first-order valence-corrected chi connectivity index (χ1v) is 4.02. The summed E-state index contributed by atoms with van der Waals surface area (Å²) in [5, 5.41) is 2.53. The second-order valence-corrected chi connectivity index (χ2v) is 3.32. The SMILES string of the molecule is C/C(N)=C/C(=O)NC1(C(N)=O)CC1. The van der Waals surface area contributed by atoms with Crippen molar-refractivity contribution in [1.29, 1.82) is 0 Å². The summed E-state index contributed by atoms with van der Waals surface area (Å²) >= 11 is 0. The van der Waals surface area contributed by atoms with Crippen LogP contribution in [0.3, 0.4) is 0 Å². The molecule has 0 radical (unpaired) electrons. The van der Waals surface area contributed by atoms with E-state index in [9.17, 15) is 9.59 Å². The highest BCUT2D eigenvalue weighted by Crippen LogP contribution is 2.34. The lowest BCUT2D eigenvalue weighted by atomic mass is 10.2. The van der Waals surface area contributed by atoms with Crippen LogP contribution in [0.25, 0.3) is 0 Å². The van der Waals surface area contributed by atoms with Crippen molar-refractivity contribution in [3.05, 3.63) is 11.8 Å². The zero-order valence-corrected chi connectivity index (χ0v) is 7.46. The van der Waals surface area contributed by atoms with E-state index in [1.807, 2.05) is 0 Å². The van der Waals surface area contributed by atoms with E-state index in [1.165, 1.54) is 6.08 Å². The normalized spacial score (nSPS) is 19.3. The first kappa shape index (κ1) is 9.57. The fourth-order valence-corrected chi connectivity index (χ4v) is 1.04. The molecule has 0 saturated heterocycles. The Morgan fingerprint density at radius 3 is 2.23 bits per heavy atom. The lowest BCUT2D eigenvalue weighted by Gasteiger charge is -2.11. The Hall–Kier alpha value is -1.52. The first-order chi connectivity index (χ1) is 5.96. The third kappa shape index (κ3) is 2.21. The second-order valence-electron chi connectivity index (χ2n) is 3.32. The molecule has 5 heteroatoms. The van der Waals surface area contributed by atoms with E-state index in [0.29, 0.717) is 18.5 Å². The lowest BCUT2D eigenvalue weighted by molar-refractivity contribution is -0.126. The minimum Gasteiger partial charge on any atom is -0.402 e. The number of carbonyl (C=O) groups is 2. The van der Waals surface area contributed by atoms with Gasteiger partial charge in [0.2, 0.25) is 11.8 Å². The molecule has 2 amide bonds. The Bertz CT molecular complexity index is 275. The number of hydrogen-bond donors (Lipinski definition) is 3. The fourth-order valence-electron chi connectivity index (χ4n) is 1.04. The molecule has 0 aromatic rings. The van der Waals surface area contributed by atoms with E-state index in [2.05, 4.69) is 5.32 Å². The number of allylic oxidation sites excluding steroid dienone is 1. The number of carbonyl (C=O) groups excluding carboxylic acids is 2. The third-order valence-corrected chi connectivity index (χ3v) is 1.94. The van der Waals surface area contributed by atoms with Crippen molar-refractivity contribution in [2.24, 2.45) is 11.5 Å². The maximum Gasteiger partial charge on any atom is 0.246 e. The van der Waals surface area contributed by atoms with Gasteiger partial charge in [-0.3, -0.25) is 9.59 Å². The van der Waals surface area contributed by atoms with Crippen molar-refractivity contribution >= 4 is 11.8 Å². The Balaban J connectivity index is 2.55. The van der Waals surface area contributed by atoms with Crippen LogP contribution in [0.2, 0.25) is 0 Å². The topological polar surface area (TPSA) is 98.2 Å². The summed E-state index contributed by atoms with van der Waals surface area (Å²) in [5.41, 5.74) is 10.00. The molecule has 5 nitrogen and oxygen atoms in total. The van der Waals surface area contributed by atoms with E-state index in [1.54, 1.807) is 6.92 Å². The van der Waals surface area contributed by atoms with Crippen molar-refractivity contribution in [2.75, 3.05) is 0 Å². The van der Waals surface area contributed by atoms with E-state index in [0.717, 1.165) is 0 Å². The third-order valence-electron chi connectivity index (χ3n) is 1.94. The summed E-state index contributed by atoms with van der Waals surface area (Å²) in [4.78, 5) is 22.0. The first-order valence-electron chi connectivity index (χ1n) is 4.02. The molecular weight excluding hydrogens is 170 g/mol. The smallest absolute Gasteiger partial charge is 0.246 e. The fraction of sp³-hybridized carbons (Fsp3) is 0.500. The molecule has 72 valence electrons. The molecule has 0 bridgehead atoms. The summed E-state index contributed by atoms with van der Waals surface area (Å²) in [6.07, 6.45) is 2.47. The molecule has 0 heterocycles. The average molecular weight is 183 g/mol. The molecule has 0 aromatic heterocycles. The standard InChI is InChI=1S/C8H13N3O2/c1-5(9)4-6(12)11-8(2-3-8)7(10)13/h4H,2-3,9H2,1H3,(H2,10,13)(H,11,12)/b5-4-. The largest absolute Gasteiger partial charge is 0.402 e. The summed E-state index contributed by atoms with van der Waals surface area (Å²) in [6, 6.07) is 0. The summed E-state index contributed by atoms with van der Waals surface area (Å²) in [5.74, 6) is -0.847. The highest BCUT2D eigenvalue weighted by atomic mass is 16.2. The molecular formula is C8H13N3O2. The molecule has 13 heavy (non-hydrogen) atoms. The van der Waals surface area contributed by atoms with Crippen LogP contribution in [0.15, 0.2) is 11.8 Å². The van der Waals surface area contributed by atoms with Crippen LogP contribution in [0.1, 0.15) is 19.8 Å². The maximum atomic E-state index is 11.1. The van der Waals surface area contributed by atoms with Crippen LogP contribution in [0, 0.1) is 0 Å². The number of nitrogens with one attached hydrogen (secondary N) is 1. The minimum absolute atomic E-state index is 0.365. The van der Waals surface area contributed by atoms with Gasteiger partial charge in [-0.2, -0.15) is 0 Å². The second kappa shape index (κ2) is 3.08. The van der Waals surface area contributed by atoms with Crippen molar-refractivity contribution in [3.8, 4) is 0 Å². The predicted molar refractivity (Wildman–Crippen MR) is 47.2 cm³/mol. The van der Waals surface area contributed by atoms with Crippen LogP contribution in [-0.4, -0.2) is 17.4 Å². The van der Waals surface area contributed by atoms with Crippen molar-refractivity contribution in [3.63, 3.8) is 0 Å².